The minimum atomic E-state index is -2.88. The van der Waals surface area contributed by atoms with E-state index in [0.717, 1.165) is 0 Å². The zero-order valence-electron chi connectivity index (χ0n) is 15.2. The van der Waals surface area contributed by atoms with E-state index in [1.807, 2.05) is 23.1 Å². The summed E-state index contributed by atoms with van der Waals surface area (Å²) in [5.41, 5.74) is 1.16. The number of benzene rings is 2. The summed E-state index contributed by atoms with van der Waals surface area (Å²) in [6.45, 7) is -0.363. The molecule has 2 aromatic carbocycles. The van der Waals surface area contributed by atoms with Gasteiger partial charge in [-0.3, -0.25) is 14.5 Å². The first-order valence-corrected chi connectivity index (χ1v) is 8.92. The predicted molar refractivity (Wildman–Crippen MR) is 100 cm³/mol. The number of carbonyl (C=O) groups excluding carboxylic acids is 2. The number of nitrogens with one attached hydrogen (secondary N) is 1. The molecule has 1 saturated heterocycles. The monoisotopic (exact) mass is 389 g/mol. The van der Waals surface area contributed by atoms with Crippen molar-refractivity contribution in [2.24, 2.45) is 0 Å². The summed E-state index contributed by atoms with van der Waals surface area (Å²) in [7, 11) is 0. The van der Waals surface area contributed by atoms with Crippen LogP contribution in [0.3, 0.4) is 0 Å². The predicted octanol–water partition coefficient (Wildman–Crippen LogP) is 2.68. The zero-order chi connectivity index (χ0) is 19.9. The van der Waals surface area contributed by atoms with Crippen LogP contribution in [0.5, 0.6) is 5.75 Å². The number of ether oxygens (including phenoxy) is 1. The molecule has 0 unspecified atom stereocenters. The first kappa shape index (κ1) is 19.8. The Balaban J connectivity index is 1.44. The average Bonchev–Trinajstić information content (AvgIpc) is 2.70. The fourth-order valence-corrected chi connectivity index (χ4v) is 3.00. The van der Waals surface area contributed by atoms with Gasteiger partial charge in [-0.05, 0) is 36.4 Å². The largest absolute Gasteiger partial charge is 0.435 e. The van der Waals surface area contributed by atoms with Crippen LogP contribution >= 0.6 is 0 Å². The van der Waals surface area contributed by atoms with Crippen LogP contribution in [0.25, 0.3) is 0 Å². The zero-order valence-corrected chi connectivity index (χ0v) is 15.2. The van der Waals surface area contributed by atoms with Gasteiger partial charge in [0.1, 0.15) is 5.75 Å². The number of hydrogen-bond donors (Lipinski definition) is 1. The number of rotatable bonds is 6. The van der Waals surface area contributed by atoms with Gasteiger partial charge in [0, 0.05) is 37.4 Å². The van der Waals surface area contributed by atoms with Gasteiger partial charge in [-0.2, -0.15) is 8.78 Å². The third kappa shape index (κ3) is 5.50. The van der Waals surface area contributed by atoms with E-state index in [0.29, 0.717) is 37.4 Å². The van der Waals surface area contributed by atoms with E-state index in [2.05, 4.69) is 10.1 Å². The Morgan fingerprint density at radius 1 is 0.964 bits per heavy atom. The van der Waals surface area contributed by atoms with Crippen molar-refractivity contribution >= 4 is 17.5 Å². The quantitative estimate of drug-likeness (QED) is 0.825. The number of alkyl halides is 2. The SMILES string of the molecule is O=C(CN1CCN(C(=O)c2ccccc2)CC1)Nc1ccc(OC(F)F)cc1. The molecule has 1 fully saturated rings. The molecule has 0 atom stereocenters. The van der Waals surface area contributed by atoms with Crippen LogP contribution in [-0.2, 0) is 4.79 Å². The highest BCUT2D eigenvalue weighted by Crippen LogP contribution is 2.17. The van der Waals surface area contributed by atoms with Crippen LogP contribution in [0.15, 0.2) is 54.6 Å². The van der Waals surface area contributed by atoms with Gasteiger partial charge in [-0.1, -0.05) is 18.2 Å². The number of amides is 2. The Hall–Kier alpha value is -3.00. The standard InChI is InChI=1S/C20H21F2N3O3/c21-20(22)28-17-8-6-16(7-9-17)23-18(26)14-24-10-12-25(13-11-24)19(27)15-4-2-1-3-5-15/h1-9,20H,10-14H2,(H,23,26). The van der Waals surface area contributed by atoms with Crippen LogP contribution < -0.4 is 10.1 Å². The molecule has 6 nitrogen and oxygen atoms in total. The molecule has 2 amide bonds. The van der Waals surface area contributed by atoms with Gasteiger partial charge in [0.25, 0.3) is 5.91 Å². The van der Waals surface area contributed by atoms with E-state index in [4.69, 9.17) is 0 Å². The second-order valence-corrected chi connectivity index (χ2v) is 6.39. The fourth-order valence-electron chi connectivity index (χ4n) is 3.00. The summed E-state index contributed by atoms with van der Waals surface area (Å²) in [4.78, 5) is 28.4. The molecule has 1 N–H and O–H groups in total. The minimum absolute atomic E-state index is 0.00388. The molecule has 0 aromatic heterocycles. The Morgan fingerprint density at radius 2 is 1.61 bits per heavy atom. The van der Waals surface area contributed by atoms with Crippen molar-refractivity contribution in [1.29, 1.82) is 0 Å². The van der Waals surface area contributed by atoms with Gasteiger partial charge in [0.2, 0.25) is 5.91 Å². The molecule has 148 valence electrons. The number of carbonyl (C=O) groups is 2. The van der Waals surface area contributed by atoms with Gasteiger partial charge >= 0.3 is 6.61 Å². The highest BCUT2D eigenvalue weighted by molar-refractivity contribution is 5.94. The van der Waals surface area contributed by atoms with E-state index in [9.17, 15) is 18.4 Å². The third-order valence-corrected chi connectivity index (χ3v) is 4.41. The Labute approximate surface area is 161 Å². The first-order chi connectivity index (χ1) is 13.5. The maximum Gasteiger partial charge on any atom is 0.387 e. The van der Waals surface area contributed by atoms with Gasteiger partial charge in [-0.25, -0.2) is 0 Å². The molecule has 2 aromatic rings. The first-order valence-electron chi connectivity index (χ1n) is 8.92. The van der Waals surface area contributed by atoms with Gasteiger partial charge in [0.15, 0.2) is 0 Å². The third-order valence-electron chi connectivity index (χ3n) is 4.41. The lowest BCUT2D eigenvalue weighted by molar-refractivity contribution is -0.117. The molecule has 1 heterocycles. The highest BCUT2D eigenvalue weighted by atomic mass is 19.3. The molecule has 1 aliphatic rings. The Morgan fingerprint density at radius 3 is 2.21 bits per heavy atom. The van der Waals surface area contributed by atoms with Crippen LogP contribution in [-0.4, -0.2) is 60.9 Å². The second-order valence-electron chi connectivity index (χ2n) is 6.39. The normalized spacial score (nSPS) is 14.8. The second kappa shape index (κ2) is 9.27. The van der Waals surface area contributed by atoms with Crippen molar-refractivity contribution in [2.75, 3.05) is 38.0 Å². The van der Waals surface area contributed by atoms with Gasteiger partial charge < -0.3 is 15.0 Å². The maximum absolute atomic E-state index is 12.4. The summed E-state index contributed by atoms with van der Waals surface area (Å²) in [6, 6.07) is 14.9. The summed E-state index contributed by atoms with van der Waals surface area (Å²) >= 11 is 0. The molecular weight excluding hydrogens is 368 g/mol. The topological polar surface area (TPSA) is 61.9 Å². The minimum Gasteiger partial charge on any atom is -0.435 e. The van der Waals surface area contributed by atoms with E-state index >= 15 is 0 Å². The smallest absolute Gasteiger partial charge is 0.387 e. The molecule has 0 radical (unpaired) electrons. The molecule has 0 spiro atoms. The fraction of sp³-hybridized carbons (Fsp3) is 0.300. The van der Waals surface area contributed by atoms with E-state index in [-0.39, 0.29) is 24.1 Å². The van der Waals surface area contributed by atoms with Crippen molar-refractivity contribution in [1.82, 2.24) is 9.80 Å². The Kier molecular flexibility index (Phi) is 6.54. The summed E-state index contributed by atoms with van der Waals surface area (Å²) < 4.78 is 28.6. The summed E-state index contributed by atoms with van der Waals surface area (Å²) in [6.07, 6.45) is 0. The molecule has 28 heavy (non-hydrogen) atoms. The van der Waals surface area contributed by atoms with Gasteiger partial charge in [-0.15, -0.1) is 0 Å². The van der Waals surface area contributed by atoms with Crippen molar-refractivity contribution in [3.05, 3.63) is 60.2 Å². The lowest BCUT2D eigenvalue weighted by Gasteiger charge is -2.34. The molecule has 1 aliphatic heterocycles. The number of nitrogens with zero attached hydrogens (tertiary/aromatic N) is 2. The summed E-state index contributed by atoms with van der Waals surface area (Å²) in [5, 5.41) is 2.73. The van der Waals surface area contributed by atoms with E-state index < -0.39 is 6.61 Å². The van der Waals surface area contributed by atoms with Crippen molar-refractivity contribution in [3.8, 4) is 5.75 Å². The lowest BCUT2D eigenvalue weighted by atomic mass is 10.2. The molecule has 8 heteroatoms. The molecule has 0 bridgehead atoms. The molecule has 0 saturated carbocycles. The molecule has 0 aliphatic carbocycles. The molecular formula is C20H21F2N3O3. The van der Waals surface area contributed by atoms with Crippen molar-refractivity contribution in [3.63, 3.8) is 0 Å². The van der Waals surface area contributed by atoms with E-state index in [1.54, 1.807) is 17.0 Å². The lowest BCUT2D eigenvalue weighted by Crippen LogP contribution is -2.50. The van der Waals surface area contributed by atoms with Crippen LogP contribution in [0, 0.1) is 0 Å². The van der Waals surface area contributed by atoms with Crippen LogP contribution in [0.2, 0.25) is 0 Å². The van der Waals surface area contributed by atoms with E-state index in [1.165, 1.54) is 24.3 Å². The van der Waals surface area contributed by atoms with Crippen LogP contribution in [0.4, 0.5) is 14.5 Å². The molecule has 3 rings (SSSR count). The summed E-state index contributed by atoms with van der Waals surface area (Å²) in [5.74, 6) is -0.173. The van der Waals surface area contributed by atoms with Crippen molar-refractivity contribution < 1.29 is 23.1 Å². The number of anilines is 1. The highest BCUT2D eigenvalue weighted by Gasteiger charge is 2.23. The number of piperazine rings is 1. The Bertz CT molecular complexity index is 792. The number of hydrogen-bond acceptors (Lipinski definition) is 4. The van der Waals surface area contributed by atoms with Crippen molar-refractivity contribution in [2.45, 2.75) is 6.61 Å². The number of halogens is 2. The van der Waals surface area contributed by atoms with Crippen LogP contribution in [0.1, 0.15) is 10.4 Å². The average molecular weight is 389 g/mol. The van der Waals surface area contributed by atoms with Gasteiger partial charge in [0.05, 0.1) is 6.54 Å². The maximum atomic E-state index is 12.4.